The SMILES string of the molecule is Cc1cccnc1[C@H]1C[C@@H](F)C[C@@H](c2ncccc2C)N1CCCCN. The molecule has 1 fully saturated rings. The Morgan fingerprint density at radius 2 is 1.54 bits per heavy atom. The second-order valence-corrected chi connectivity index (χ2v) is 7.24. The third kappa shape index (κ3) is 4.10. The van der Waals surface area contributed by atoms with Crippen molar-refractivity contribution in [3.8, 4) is 0 Å². The minimum absolute atomic E-state index is 0.0240. The van der Waals surface area contributed by atoms with Gasteiger partial charge in [0, 0.05) is 12.4 Å². The molecule has 4 nitrogen and oxygen atoms in total. The van der Waals surface area contributed by atoms with Gasteiger partial charge in [0.2, 0.25) is 0 Å². The first-order valence-corrected chi connectivity index (χ1v) is 9.54. The van der Waals surface area contributed by atoms with Crippen LogP contribution in [0.2, 0.25) is 0 Å². The molecule has 0 saturated carbocycles. The van der Waals surface area contributed by atoms with Crippen LogP contribution in [0.25, 0.3) is 0 Å². The molecule has 0 radical (unpaired) electrons. The van der Waals surface area contributed by atoms with Crippen molar-refractivity contribution in [3.05, 3.63) is 59.2 Å². The molecule has 2 aromatic heterocycles. The van der Waals surface area contributed by atoms with E-state index in [0.29, 0.717) is 19.4 Å². The van der Waals surface area contributed by atoms with Crippen LogP contribution in [0.1, 0.15) is 60.3 Å². The maximum absolute atomic E-state index is 14.8. The van der Waals surface area contributed by atoms with E-state index in [2.05, 4.69) is 40.8 Å². The van der Waals surface area contributed by atoms with Crippen molar-refractivity contribution < 1.29 is 4.39 Å². The number of hydrogen-bond acceptors (Lipinski definition) is 4. The maximum Gasteiger partial charge on any atom is 0.104 e. The van der Waals surface area contributed by atoms with E-state index in [1.165, 1.54) is 0 Å². The molecular weight excluding hydrogens is 327 g/mol. The van der Waals surface area contributed by atoms with Crippen molar-refractivity contribution in [1.29, 1.82) is 0 Å². The lowest BCUT2D eigenvalue weighted by atomic mass is 9.87. The lowest BCUT2D eigenvalue weighted by molar-refractivity contribution is 0.0291. The van der Waals surface area contributed by atoms with Crippen molar-refractivity contribution in [3.63, 3.8) is 0 Å². The number of hydrogen-bond donors (Lipinski definition) is 1. The molecule has 1 aliphatic rings. The van der Waals surface area contributed by atoms with Crippen LogP contribution in [0.3, 0.4) is 0 Å². The zero-order chi connectivity index (χ0) is 18.5. The molecule has 3 heterocycles. The van der Waals surface area contributed by atoms with E-state index in [-0.39, 0.29) is 12.1 Å². The molecule has 1 aliphatic heterocycles. The van der Waals surface area contributed by atoms with Crippen molar-refractivity contribution >= 4 is 0 Å². The molecule has 5 heteroatoms. The summed E-state index contributed by atoms with van der Waals surface area (Å²) >= 11 is 0. The zero-order valence-electron chi connectivity index (χ0n) is 15.7. The van der Waals surface area contributed by atoms with E-state index < -0.39 is 6.17 Å². The van der Waals surface area contributed by atoms with Crippen LogP contribution in [0, 0.1) is 13.8 Å². The summed E-state index contributed by atoms with van der Waals surface area (Å²) in [6, 6.07) is 7.95. The fraction of sp³-hybridized carbons (Fsp3) is 0.524. The molecule has 2 N–H and O–H groups in total. The number of aryl methyl sites for hydroxylation is 2. The first-order chi connectivity index (χ1) is 12.6. The number of nitrogens with zero attached hydrogens (tertiary/aromatic N) is 3. The summed E-state index contributed by atoms with van der Waals surface area (Å²) in [7, 11) is 0. The number of aromatic nitrogens is 2. The fourth-order valence-corrected chi connectivity index (χ4v) is 4.05. The van der Waals surface area contributed by atoms with Gasteiger partial charge >= 0.3 is 0 Å². The van der Waals surface area contributed by atoms with Gasteiger partial charge in [-0.25, -0.2) is 4.39 Å². The highest BCUT2D eigenvalue weighted by Gasteiger charge is 2.39. The molecule has 0 bridgehead atoms. The molecule has 0 unspecified atom stereocenters. The van der Waals surface area contributed by atoms with Crippen LogP contribution in [0.5, 0.6) is 0 Å². The first-order valence-electron chi connectivity index (χ1n) is 9.54. The molecule has 3 rings (SSSR count). The summed E-state index contributed by atoms with van der Waals surface area (Å²) in [5, 5.41) is 0. The number of likely N-dealkylation sites (tertiary alicyclic amines) is 1. The number of alkyl halides is 1. The number of rotatable bonds is 6. The van der Waals surface area contributed by atoms with Gasteiger partial charge in [0.15, 0.2) is 0 Å². The third-order valence-electron chi connectivity index (χ3n) is 5.36. The molecule has 2 aromatic rings. The van der Waals surface area contributed by atoms with Gasteiger partial charge in [0.25, 0.3) is 0 Å². The number of piperidine rings is 1. The summed E-state index contributed by atoms with van der Waals surface area (Å²) in [5.41, 5.74) is 9.91. The number of nitrogens with two attached hydrogens (primary N) is 1. The van der Waals surface area contributed by atoms with E-state index in [9.17, 15) is 4.39 Å². The number of pyridine rings is 2. The molecule has 140 valence electrons. The minimum Gasteiger partial charge on any atom is -0.330 e. The Hall–Kier alpha value is -1.85. The van der Waals surface area contributed by atoms with Crippen molar-refractivity contribution in [2.24, 2.45) is 5.73 Å². The van der Waals surface area contributed by atoms with Gasteiger partial charge in [-0.3, -0.25) is 14.9 Å². The molecule has 1 saturated heterocycles. The molecular formula is C21H29FN4. The van der Waals surface area contributed by atoms with Crippen LogP contribution >= 0.6 is 0 Å². The lowest BCUT2D eigenvalue weighted by Gasteiger charge is -2.43. The van der Waals surface area contributed by atoms with Gasteiger partial charge in [-0.1, -0.05) is 12.1 Å². The molecule has 26 heavy (non-hydrogen) atoms. The highest BCUT2D eigenvalue weighted by molar-refractivity contribution is 5.26. The topological polar surface area (TPSA) is 55.0 Å². The van der Waals surface area contributed by atoms with Crippen LogP contribution in [-0.4, -0.2) is 34.1 Å². The van der Waals surface area contributed by atoms with E-state index in [1.54, 1.807) is 0 Å². The summed E-state index contributed by atoms with van der Waals surface area (Å²) in [4.78, 5) is 11.6. The van der Waals surface area contributed by atoms with E-state index in [0.717, 1.165) is 41.9 Å². The second-order valence-electron chi connectivity index (χ2n) is 7.24. The molecule has 0 aromatic carbocycles. The van der Waals surface area contributed by atoms with Gasteiger partial charge in [0.05, 0.1) is 23.5 Å². The van der Waals surface area contributed by atoms with Crippen molar-refractivity contribution in [2.45, 2.75) is 57.8 Å². The number of unbranched alkanes of at least 4 members (excludes halogenated alkanes) is 1. The van der Waals surface area contributed by atoms with E-state index >= 15 is 0 Å². The Bertz CT molecular complexity index is 665. The summed E-state index contributed by atoms with van der Waals surface area (Å²) in [5.74, 6) is 0. The smallest absolute Gasteiger partial charge is 0.104 e. The van der Waals surface area contributed by atoms with Gasteiger partial charge < -0.3 is 5.73 Å². The summed E-state index contributed by atoms with van der Waals surface area (Å²) in [6.45, 7) is 5.68. The second kappa shape index (κ2) is 8.69. The van der Waals surface area contributed by atoms with Gasteiger partial charge in [-0.05, 0) is 75.9 Å². The van der Waals surface area contributed by atoms with Gasteiger partial charge in [-0.15, -0.1) is 0 Å². The van der Waals surface area contributed by atoms with Crippen LogP contribution < -0.4 is 5.73 Å². The van der Waals surface area contributed by atoms with Crippen molar-refractivity contribution in [2.75, 3.05) is 13.1 Å². The molecule has 0 amide bonds. The van der Waals surface area contributed by atoms with E-state index in [1.807, 2.05) is 24.5 Å². The Kier molecular flexibility index (Phi) is 6.33. The highest BCUT2D eigenvalue weighted by atomic mass is 19.1. The summed E-state index contributed by atoms with van der Waals surface area (Å²) < 4.78 is 14.8. The van der Waals surface area contributed by atoms with Gasteiger partial charge in [0.1, 0.15) is 6.17 Å². The Morgan fingerprint density at radius 1 is 1.00 bits per heavy atom. The van der Waals surface area contributed by atoms with Gasteiger partial charge in [-0.2, -0.15) is 0 Å². The quantitative estimate of drug-likeness (QED) is 0.794. The zero-order valence-corrected chi connectivity index (χ0v) is 15.7. The maximum atomic E-state index is 14.8. The monoisotopic (exact) mass is 356 g/mol. The minimum atomic E-state index is -0.849. The normalized spacial score (nSPS) is 23.9. The Balaban J connectivity index is 1.98. The number of halogens is 1. The van der Waals surface area contributed by atoms with Crippen LogP contribution in [0.4, 0.5) is 4.39 Å². The Morgan fingerprint density at radius 3 is 2.00 bits per heavy atom. The average molecular weight is 356 g/mol. The molecule has 0 spiro atoms. The Labute approximate surface area is 155 Å². The fourth-order valence-electron chi connectivity index (χ4n) is 4.05. The predicted octanol–water partition coefficient (Wildman–Crippen LogP) is 4.05. The predicted molar refractivity (Wildman–Crippen MR) is 103 cm³/mol. The van der Waals surface area contributed by atoms with E-state index in [4.69, 9.17) is 5.73 Å². The largest absolute Gasteiger partial charge is 0.330 e. The molecule has 0 aliphatic carbocycles. The highest BCUT2D eigenvalue weighted by Crippen LogP contribution is 2.43. The lowest BCUT2D eigenvalue weighted by Crippen LogP contribution is -2.42. The summed E-state index contributed by atoms with van der Waals surface area (Å²) in [6.07, 6.45) is 5.71. The first kappa shape index (κ1) is 18.9. The van der Waals surface area contributed by atoms with Crippen LogP contribution in [-0.2, 0) is 0 Å². The average Bonchev–Trinajstić information content (AvgIpc) is 2.63. The molecule has 3 atom stereocenters. The third-order valence-corrected chi connectivity index (χ3v) is 5.36. The standard InChI is InChI=1S/C21H29FN4/c1-15-7-5-10-24-20(15)18-13-17(22)14-19(26(18)12-4-3-9-23)21-16(2)8-6-11-25-21/h5-8,10-11,17-19H,3-4,9,12-14,23H2,1-2H3/t17-,18-,19+. The van der Waals surface area contributed by atoms with Crippen LogP contribution in [0.15, 0.2) is 36.7 Å². The van der Waals surface area contributed by atoms with Crippen molar-refractivity contribution in [1.82, 2.24) is 14.9 Å².